The maximum absolute atomic E-state index is 6.07. The Labute approximate surface area is 113 Å². The first-order chi connectivity index (χ1) is 9.24. The SMILES string of the molecule is Nc1cc(OCc2ccccc2Cl)c2nn[nH]c2n1. The highest BCUT2D eigenvalue weighted by atomic mass is 35.5. The quantitative estimate of drug-likeness (QED) is 0.764. The molecule has 6 nitrogen and oxygen atoms in total. The molecule has 1 aromatic carbocycles. The van der Waals surface area contributed by atoms with Crippen LogP contribution in [-0.2, 0) is 6.61 Å². The number of nitrogens with one attached hydrogen (secondary N) is 1. The monoisotopic (exact) mass is 275 g/mol. The van der Waals surface area contributed by atoms with Crippen LogP contribution in [0.4, 0.5) is 5.82 Å². The summed E-state index contributed by atoms with van der Waals surface area (Å²) in [6.07, 6.45) is 0. The van der Waals surface area contributed by atoms with Crippen molar-refractivity contribution in [1.82, 2.24) is 20.4 Å². The van der Waals surface area contributed by atoms with Gasteiger partial charge in [-0.1, -0.05) is 35.0 Å². The van der Waals surface area contributed by atoms with E-state index in [0.717, 1.165) is 5.56 Å². The van der Waals surface area contributed by atoms with Crippen molar-refractivity contribution in [2.45, 2.75) is 6.61 Å². The number of hydrogen-bond acceptors (Lipinski definition) is 5. The van der Waals surface area contributed by atoms with E-state index in [1.807, 2.05) is 24.3 Å². The lowest BCUT2D eigenvalue weighted by Crippen LogP contribution is -1.99. The maximum Gasteiger partial charge on any atom is 0.181 e. The highest BCUT2D eigenvalue weighted by molar-refractivity contribution is 6.31. The third-order valence-electron chi connectivity index (χ3n) is 2.62. The molecule has 0 fully saturated rings. The van der Waals surface area contributed by atoms with Gasteiger partial charge in [-0.05, 0) is 6.07 Å². The van der Waals surface area contributed by atoms with Gasteiger partial charge >= 0.3 is 0 Å². The molecule has 3 N–H and O–H groups in total. The van der Waals surface area contributed by atoms with Crippen molar-refractivity contribution in [2.24, 2.45) is 0 Å². The molecule has 0 amide bonds. The average molecular weight is 276 g/mol. The van der Waals surface area contributed by atoms with Gasteiger partial charge in [0, 0.05) is 16.7 Å². The normalized spacial score (nSPS) is 10.8. The van der Waals surface area contributed by atoms with Gasteiger partial charge in [0.15, 0.2) is 16.9 Å². The highest BCUT2D eigenvalue weighted by Gasteiger charge is 2.10. The third-order valence-corrected chi connectivity index (χ3v) is 2.99. The molecule has 2 aromatic heterocycles. The number of halogens is 1. The first-order valence-corrected chi connectivity index (χ1v) is 5.95. The van der Waals surface area contributed by atoms with Crippen molar-refractivity contribution in [2.75, 3.05) is 5.73 Å². The zero-order valence-electron chi connectivity index (χ0n) is 9.80. The van der Waals surface area contributed by atoms with Gasteiger partial charge in [0.05, 0.1) is 0 Å². The molecule has 0 unspecified atom stereocenters. The summed E-state index contributed by atoms with van der Waals surface area (Å²) < 4.78 is 5.70. The first-order valence-electron chi connectivity index (χ1n) is 5.57. The van der Waals surface area contributed by atoms with Crippen LogP contribution < -0.4 is 10.5 Å². The lowest BCUT2D eigenvalue weighted by molar-refractivity contribution is 0.309. The fraction of sp³-hybridized carbons (Fsp3) is 0.0833. The second kappa shape index (κ2) is 4.74. The minimum absolute atomic E-state index is 0.324. The molecule has 0 aliphatic rings. The molecule has 2 heterocycles. The van der Waals surface area contributed by atoms with Crippen molar-refractivity contribution in [3.05, 3.63) is 40.9 Å². The zero-order valence-corrected chi connectivity index (χ0v) is 10.6. The number of fused-ring (bicyclic) bond motifs is 1. The second-order valence-corrected chi connectivity index (χ2v) is 4.34. The summed E-state index contributed by atoms with van der Waals surface area (Å²) in [6.45, 7) is 0.324. The summed E-state index contributed by atoms with van der Waals surface area (Å²) in [4.78, 5) is 4.06. The molecule has 7 heteroatoms. The molecule has 0 atom stereocenters. The number of anilines is 1. The molecule has 0 aliphatic heterocycles. The van der Waals surface area contributed by atoms with Crippen molar-refractivity contribution < 1.29 is 4.74 Å². The molecule has 0 saturated heterocycles. The number of nitrogen functional groups attached to an aromatic ring is 1. The number of rotatable bonds is 3. The van der Waals surface area contributed by atoms with Gasteiger partial charge in [0.2, 0.25) is 0 Å². The van der Waals surface area contributed by atoms with Gasteiger partial charge in [-0.3, -0.25) is 0 Å². The number of hydrogen-bond donors (Lipinski definition) is 2. The van der Waals surface area contributed by atoms with Gasteiger partial charge in [-0.15, -0.1) is 5.10 Å². The Morgan fingerprint density at radius 1 is 1.32 bits per heavy atom. The predicted octanol–water partition coefficient (Wildman–Crippen LogP) is 2.17. The van der Waals surface area contributed by atoms with Crippen LogP contribution in [-0.4, -0.2) is 20.4 Å². The van der Waals surface area contributed by atoms with Crippen molar-refractivity contribution in [1.29, 1.82) is 0 Å². The van der Waals surface area contributed by atoms with E-state index >= 15 is 0 Å². The van der Waals surface area contributed by atoms with E-state index in [9.17, 15) is 0 Å². The Bertz CT molecular complexity index is 727. The largest absolute Gasteiger partial charge is 0.486 e. The van der Waals surface area contributed by atoms with E-state index in [0.29, 0.717) is 34.4 Å². The van der Waals surface area contributed by atoms with E-state index in [1.54, 1.807) is 6.07 Å². The van der Waals surface area contributed by atoms with Crippen LogP contribution in [0.15, 0.2) is 30.3 Å². The Morgan fingerprint density at radius 2 is 2.16 bits per heavy atom. The molecule has 0 aliphatic carbocycles. The van der Waals surface area contributed by atoms with Crippen LogP contribution in [0.1, 0.15) is 5.56 Å². The van der Waals surface area contributed by atoms with Crippen LogP contribution in [0, 0.1) is 0 Å². The summed E-state index contributed by atoms with van der Waals surface area (Å²) in [7, 11) is 0. The molecular formula is C12H10ClN5O. The summed E-state index contributed by atoms with van der Waals surface area (Å²) in [5.41, 5.74) is 7.61. The Kier molecular flexibility index (Phi) is 2.92. The predicted molar refractivity (Wildman–Crippen MR) is 71.9 cm³/mol. The summed E-state index contributed by atoms with van der Waals surface area (Å²) >= 11 is 6.07. The van der Waals surface area contributed by atoms with E-state index in [-0.39, 0.29) is 0 Å². The lowest BCUT2D eigenvalue weighted by Gasteiger charge is -2.08. The Balaban J connectivity index is 1.90. The van der Waals surface area contributed by atoms with E-state index < -0.39 is 0 Å². The van der Waals surface area contributed by atoms with E-state index in [1.165, 1.54) is 0 Å². The molecule has 3 aromatic rings. The number of benzene rings is 1. The van der Waals surface area contributed by atoms with Gasteiger partial charge in [-0.25, -0.2) is 10.1 Å². The molecule has 0 bridgehead atoms. The number of nitrogens with two attached hydrogens (primary N) is 1. The standard InChI is InChI=1S/C12H10ClN5O/c13-8-4-2-1-3-7(8)6-19-9-5-10(14)15-12-11(9)16-18-17-12/h1-5H,6H2,(H3,14,15,16,17,18). The van der Waals surface area contributed by atoms with Crippen molar-refractivity contribution in [3.63, 3.8) is 0 Å². The number of aromatic nitrogens is 4. The summed E-state index contributed by atoms with van der Waals surface area (Å²) in [6, 6.07) is 9.09. The third kappa shape index (κ3) is 2.30. The first kappa shape index (κ1) is 11.7. The molecule has 0 radical (unpaired) electrons. The molecule has 0 spiro atoms. The minimum Gasteiger partial charge on any atom is -0.486 e. The maximum atomic E-state index is 6.07. The minimum atomic E-state index is 0.324. The van der Waals surface area contributed by atoms with Gasteiger partial charge in [0.25, 0.3) is 0 Å². The van der Waals surface area contributed by atoms with Crippen LogP contribution in [0.2, 0.25) is 5.02 Å². The van der Waals surface area contributed by atoms with E-state index in [2.05, 4.69) is 20.4 Å². The molecule has 0 saturated carbocycles. The molecule has 19 heavy (non-hydrogen) atoms. The number of nitrogens with zero attached hydrogens (tertiary/aromatic N) is 3. The highest BCUT2D eigenvalue weighted by Crippen LogP contribution is 2.25. The van der Waals surface area contributed by atoms with Gasteiger partial charge < -0.3 is 10.5 Å². The number of ether oxygens (including phenoxy) is 1. The number of pyridine rings is 1. The van der Waals surface area contributed by atoms with E-state index in [4.69, 9.17) is 22.1 Å². The van der Waals surface area contributed by atoms with Crippen LogP contribution >= 0.6 is 11.6 Å². The van der Waals surface area contributed by atoms with Gasteiger partial charge in [-0.2, -0.15) is 0 Å². The zero-order chi connectivity index (χ0) is 13.2. The fourth-order valence-corrected chi connectivity index (χ4v) is 1.90. The fourth-order valence-electron chi connectivity index (χ4n) is 1.71. The molecular weight excluding hydrogens is 266 g/mol. The Morgan fingerprint density at radius 3 is 3.00 bits per heavy atom. The summed E-state index contributed by atoms with van der Waals surface area (Å²) in [5.74, 6) is 0.865. The van der Waals surface area contributed by atoms with Gasteiger partial charge in [0.1, 0.15) is 12.4 Å². The smallest absolute Gasteiger partial charge is 0.181 e. The van der Waals surface area contributed by atoms with Crippen LogP contribution in [0.25, 0.3) is 11.2 Å². The Hall–Kier alpha value is -2.34. The lowest BCUT2D eigenvalue weighted by atomic mass is 10.2. The topological polar surface area (TPSA) is 89.7 Å². The van der Waals surface area contributed by atoms with Crippen LogP contribution in [0.3, 0.4) is 0 Å². The number of aromatic amines is 1. The average Bonchev–Trinajstić information content (AvgIpc) is 2.85. The van der Waals surface area contributed by atoms with Crippen LogP contribution in [0.5, 0.6) is 5.75 Å². The van der Waals surface area contributed by atoms with Crippen molar-refractivity contribution in [3.8, 4) is 5.75 Å². The second-order valence-electron chi connectivity index (χ2n) is 3.93. The summed E-state index contributed by atoms with van der Waals surface area (Å²) in [5, 5.41) is 10.9. The van der Waals surface area contributed by atoms with Crippen molar-refractivity contribution >= 4 is 28.6 Å². The molecule has 96 valence electrons. The molecule has 3 rings (SSSR count). The number of H-pyrrole nitrogens is 1.